The number of nitrogens with zero attached hydrogens (tertiary/aromatic N) is 1. The number of benzene rings is 1. The number of hydrogen-bond acceptors (Lipinski definition) is 4. The number of anilines is 1. The summed E-state index contributed by atoms with van der Waals surface area (Å²) in [6.45, 7) is 2.13. The predicted molar refractivity (Wildman–Crippen MR) is 101 cm³/mol. The lowest BCUT2D eigenvalue weighted by Crippen LogP contribution is -2.32. The maximum Gasteiger partial charge on any atom is 0.311 e. The number of carbonyl (C=O) groups is 3. The fraction of sp³-hybridized carbons (Fsp3) is 0.591. The molecule has 0 unspecified atom stereocenters. The molecule has 0 spiro atoms. The maximum absolute atomic E-state index is 12.8. The smallest absolute Gasteiger partial charge is 0.311 e. The van der Waals surface area contributed by atoms with E-state index in [1.807, 2.05) is 0 Å². The molecule has 0 radical (unpaired) electrons. The third-order valence-corrected chi connectivity index (χ3v) is 6.49. The van der Waals surface area contributed by atoms with E-state index >= 15 is 0 Å². The molecule has 0 N–H and O–H groups in total. The summed E-state index contributed by atoms with van der Waals surface area (Å²) in [6.07, 6.45) is 7.74. The minimum Gasteiger partial charge on any atom is -0.427 e. The minimum atomic E-state index is -0.238. The zero-order valence-corrected chi connectivity index (χ0v) is 15.9. The number of rotatable bonds is 7. The summed E-state index contributed by atoms with van der Waals surface area (Å²) in [5.74, 6) is 0.671. The number of esters is 1. The first-order valence-corrected chi connectivity index (χ1v) is 10.3. The average molecular weight is 369 g/mol. The Balaban J connectivity index is 1.39. The molecule has 1 saturated heterocycles. The molecule has 5 nitrogen and oxygen atoms in total. The van der Waals surface area contributed by atoms with Crippen molar-refractivity contribution >= 4 is 23.5 Å². The number of fused-ring (bicyclic) bond motifs is 5. The number of unbranched alkanes of at least 4 members (excludes halogenated alkanes) is 3. The predicted octanol–water partition coefficient (Wildman–Crippen LogP) is 4.10. The van der Waals surface area contributed by atoms with Crippen LogP contribution in [0.15, 0.2) is 24.3 Å². The van der Waals surface area contributed by atoms with Crippen molar-refractivity contribution in [3.63, 3.8) is 0 Å². The summed E-state index contributed by atoms with van der Waals surface area (Å²) in [5, 5.41) is 0. The normalized spacial score (nSPS) is 28.7. The number of amides is 2. The fourth-order valence-corrected chi connectivity index (χ4v) is 5.21. The van der Waals surface area contributed by atoms with Gasteiger partial charge in [0.25, 0.3) is 0 Å². The molecule has 144 valence electrons. The zero-order valence-electron chi connectivity index (χ0n) is 15.9. The van der Waals surface area contributed by atoms with Gasteiger partial charge < -0.3 is 4.74 Å². The van der Waals surface area contributed by atoms with Crippen molar-refractivity contribution in [2.45, 2.75) is 58.3 Å². The summed E-state index contributed by atoms with van der Waals surface area (Å²) in [6, 6.07) is 6.75. The molecule has 2 saturated carbocycles. The van der Waals surface area contributed by atoms with E-state index in [2.05, 4.69) is 6.92 Å². The van der Waals surface area contributed by atoms with Crippen molar-refractivity contribution in [1.29, 1.82) is 0 Å². The minimum absolute atomic E-state index is 0.0436. The molecule has 2 bridgehead atoms. The zero-order chi connectivity index (χ0) is 19.0. The van der Waals surface area contributed by atoms with Crippen molar-refractivity contribution in [3.05, 3.63) is 24.3 Å². The average Bonchev–Trinajstić information content (AvgIpc) is 3.34. The molecule has 2 aliphatic carbocycles. The molecule has 3 fully saturated rings. The van der Waals surface area contributed by atoms with Crippen molar-refractivity contribution in [2.24, 2.45) is 23.7 Å². The highest BCUT2D eigenvalue weighted by Crippen LogP contribution is 2.56. The van der Waals surface area contributed by atoms with Crippen molar-refractivity contribution < 1.29 is 19.1 Å². The highest BCUT2D eigenvalue weighted by Gasteiger charge is 2.61. The monoisotopic (exact) mass is 369 g/mol. The van der Waals surface area contributed by atoms with Gasteiger partial charge in [0.05, 0.1) is 17.5 Å². The summed E-state index contributed by atoms with van der Waals surface area (Å²) in [5.41, 5.74) is 0.585. The first kappa shape index (κ1) is 18.2. The van der Waals surface area contributed by atoms with Crippen LogP contribution in [0.1, 0.15) is 58.3 Å². The van der Waals surface area contributed by atoms with E-state index in [0.717, 1.165) is 44.9 Å². The lowest BCUT2D eigenvalue weighted by molar-refractivity contribution is -0.134. The molecule has 1 heterocycles. The van der Waals surface area contributed by atoms with Crippen LogP contribution in [-0.2, 0) is 14.4 Å². The van der Waals surface area contributed by atoms with E-state index in [9.17, 15) is 14.4 Å². The lowest BCUT2D eigenvalue weighted by atomic mass is 9.81. The van der Waals surface area contributed by atoms with Gasteiger partial charge in [-0.05, 0) is 61.8 Å². The van der Waals surface area contributed by atoms with Crippen molar-refractivity contribution in [3.8, 4) is 5.75 Å². The first-order valence-electron chi connectivity index (χ1n) is 10.3. The van der Waals surface area contributed by atoms with Crippen LogP contribution >= 0.6 is 0 Å². The highest BCUT2D eigenvalue weighted by molar-refractivity contribution is 6.22. The Morgan fingerprint density at radius 1 is 1.00 bits per heavy atom. The lowest BCUT2D eigenvalue weighted by Gasteiger charge is -2.19. The molecule has 3 aliphatic rings. The Morgan fingerprint density at radius 3 is 2.22 bits per heavy atom. The summed E-state index contributed by atoms with van der Waals surface area (Å²) in [4.78, 5) is 38.9. The maximum atomic E-state index is 12.8. The van der Waals surface area contributed by atoms with Gasteiger partial charge in [-0.3, -0.25) is 19.3 Å². The van der Waals surface area contributed by atoms with E-state index < -0.39 is 0 Å². The van der Waals surface area contributed by atoms with Crippen molar-refractivity contribution in [2.75, 3.05) is 4.90 Å². The second-order valence-corrected chi connectivity index (χ2v) is 8.18. The largest absolute Gasteiger partial charge is 0.427 e. The molecule has 0 aromatic heterocycles. The van der Waals surface area contributed by atoms with E-state index in [1.54, 1.807) is 24.3 Å². The Bertz CT molecular complexity index is 713. The van der Waals surface area contributed by atoms with Gasteiger partial charge in [-0.2, -0.15) is 0 Å². The second kappa shape index (κ2) is 7.45. The van der Waals surface area contributed by atoms with Gasteiger partial charge in [0, 0.05) is 6.42 Å². The van der Waals surface area contributed by atoms with E-state index in [0.29, 0.717) is 29.7 Å². The van der Waals surface area contributed by atoms with E-state index in [-0.39, 0.29) is 29.6 Å². The molecule has 5 heteroatoms. The van der Waals surface area contributed by atoms with Gasteiger partial charge >= 0.3 is 5.97 Å². The van der Waals surface area contributed by atoms with Crippen LogP contribution in [0.3, 0.4) is 0 Å². The van der Waals surface area contributed by atoms with Gasteiger partial charge in [0.1, 0.15) is 5.75 Å². The molecule has 1 aromatic rings. The SMILES string of the molecule is CCCCCCC(=O)Oc1ccc(N2C(=O)[C@@H]3[C@H]4CC[C@@H](C4)[C@@H]3C2=O)cc1. The third kappa shape index (κ3) is 3.28. The molecule has 2 amide bonds. The van der Waals surface area contributed by atoms with E-state index in [1.165, 1.54) is 4.90 Å². The molecule has 4 rings (SSSR count). The molecule has 27 heavy (non-hydrogen) atoms. The molecule has 4 atom stereocenters. The number of ether oxygens (including phenoxy) is 1. The second-order valence-electron chi connectivity index (χ2n) is 8.18. The number of imide groups is 1. The Labute approximate surface area is 160 Å². The van der Waals surface area contributed by atoms with Gasteiger partial charge in [-0.15, -0.1) is 0 Å². The van der Waals surface area contributed by atoms with Gasteiger partial charge in [0.2, 0.25) is 11.8 Å². The fourth-order valence-electron chi connectivity index (χ4n) is 5.21. The van der Waals surface area contributed by atoms with Crippen LogP contribution in [0.5, 0.6) is 5.75 Å². The van der Waals surface area contributed by atoms with Crippen LogP contribution in [-0.4, -0.2) is 17.8 Å². The number of hydrogen-bond donors (Lipinski definition) is 0. The van der Waals surface area contributed by atoms with Gasteiger partial charge in [-0.25, -0.2) is 0 Å². The van der Waals surface area contributed by atoms with Crippen LogP contribution in [0.4, 0.5) is 5.69 Å². The topological polar surface area (TPSA) is 63.7 Å². The van der Waals surface area contributed by atoms with E-state index in [4.69, 9.17) is 4.74 Å². The molecular formula is C22H27NO4. The number of carbonyl (C=O) groups excluding carboxylic acids is 3. The van der Waals surface area contributed by atoms with Gasteiger partial charge in [-0.1, -0.05) is 26.2 Å². The Hall–Kier alpha value is -2.17. The van der Waals surface area contributed by atoms with Gasteiger partial charge in [0.15, 0.2) is 0 Å². The molecule has 1 aliphatic heterocycles. The Morgan fingerprint density at radius 2 is 1.63 bits per heavy atom. The standard InChI is InChI=1S/C22H27NO4/c1-2-3-4-5-6-18(24)27-17-11-9-16(10-12-17)23-21(25)19-14-7-8-15(13-14)20(19)22(23)26/h9-12,14-15,19-20H,2-8,13H2,1H3/t14-,15-,19-,20+/m0/s1. The van der Waals surface area contributed by atoms with Crippen LogP contribution < -0.4 is 9.64 Å². The quantitative estimate of drug-likeness (QED) is 0.314. The Kier molecular flexibility index (Phi) is 5.02. The molecule has 1 aromatic carbocycles. The van der Waals surface area contributed by atoms with Crippen LogP contribution in [0.2, 0.25) is 0 Å². The van der Waals surface area contributed by atoms with Crippen LogP contribution in [0.25, 0.3) is 0 Å². The molecular weight excluding hydrogens is 342 g/mol. The third-order valence-electron chi connectivity index (χ3n) is 6.49. The summed E-state index contributed by atoms with van der Waals surface area (Å²) >= 11 is 0. The first-order chi connectivity index (χ1) is 13.1. The van der Waals surface area contributed by atoms with Crippen LogP contribution in [0, 0.1) is 23.7 Å². The van der Waals surface area contributed by atoms with Crippen molar-refractivity contribution in [1.82, 2.24) is 0 Å². The highest BCUT2D eigenvalue weighted by atomic mass is 16.5. The summed E-state index contributed by atoms with van der Waals surface area (Å²) in [7, 11) is 0. The summed E-state index contributed by atoms with van der Waals surface area (Å²) < 4.78 is 5.36.